The van der Waals surface area contributed by atoms with Crippen molar-refractivity contribution in [2.24, 2.45) is 0 Å². The van der Waals surface area contributed by atoms with Crippen molar-refractivity contribution in [1.29, 1.82) is 0 Å². The Bertz CT molecular complexity index is 968. The predicted molar refractivity (Wildman–Crippen MR) is 114 cm³/mol. The average molecular weight is 392 g/mol. The number of hydrogen-bond acceptors (Lipinski definition) is 3. The fourth-order valence-electron chi connectivity index (χ4n) is 3.12. The fourth-order valence-corrected chi connectivity index (χ4v) is 4.56. The number of carbonyl (C=O) groups is 1. The highest BCUT2D eigenvalue weighted by Gasteiger charge is 2.31. The fraction of sp³-hybridized carbons (Fsp3) is 0.0870. The van der Waals surface area contributed by atoms with E-state index in [1.165, 1.54) is 5.56 Å². The van der Waals surface area contributed by atoms with Crippen LogP contribution in [0.5, 0.6) is 0 Å². The third-order valence-corrected chi connectivity index (χ3v) is 6.07. The van der Waals surface area contributed by atoms with E-state index in [2.05, 4.69) is 17.4 Å². The highest BCUT2D eigenvalue weighted by molar-refractivity contribution is 8.03. The van der Waals surface area contributed by atoms with Crippen molar-refractivity contribution >= 4 is 34.8 Å². The summed E-state index contributed by atoms with van der Waals surface area (Å²) in [5, 5.41) is 5.27. The van der Waals surface area contributed by atoms with Gasteiger partial charge in [-0.3, -0.25) is 4.79 Å². The summed E-state index contributed by atoms with van der Waals surface area (Å²) in [7, 11) is 0. The molecule has 27 heavy (non-hydrogen) atoms. The van der Waals surface area contributed by atoms with Gasteiger partial charge in [-0.25, -0.2) is 0 Å². The molecule has 0 aromatic heterocycles. The highest BCUT2D eigenvalue weighted by atomic mass is 35.5. The van der Waals surface area contributed by atoms with Gasteiger partial charge in [0.1, 0.15) is 0 Å². The summed E-state index contributed by atoms with van der Waals surface area (Å²) in [5.74, 6) is 0.0815. The molecule has 3 aromatic rings. The first-order valence-corrected chi connectivity index (χ1v) is 10.0. The third kappa shape index (κ3) is 4.10. The Hall–Kier alpha value is -2.49. The molecule has 0 amide bonds. The van der Waals surface area contributed by atoms with E-state index in [0.29, 0.717) is 11.4 Å². The molecule has 2 nitrogen and oxygen atoms in total. The number of allylic oxidation sites excluding steroid dienone is 1. The maximum absolute atomic E-state index is 13.1. The van der Waals surface area contributed by atoms with Crippen LogP contribution < -0.4 is 5.32 Å². The summed E-state index contributed by atoms with van der Waals surface area (Å²) in [4.78, 5) is 13.1. The maximum atomic E-state index is 13.1. The molecule has 3 aromatic carbocycles. The van der Waals surface area contributed by atoms with Crippen LogP contribution >= 0.6 is 23.4 Å². The number of halogens is 1. The van der Waals surface area contributed by atoms with Crippen molar-refractivity contribution in [3.8, 4) is 0 Å². The van der Waals surface area contributed by atoms with Crippen LogP contribution in [0.25, 0.3) is 0 Å². The molecule has 0 aliphatic carbocycles. The summed E-state index contributed by atoms with van der Waals surface area (Å²) in [6.45, 7) is 0. The molecule has 1 heterocycles. The largest absolute Gasteiger partial charge is 0.350 e. The number of rotatable bonds is 5. The quantitative estimate of drug-likeness (QED) is 0.489. The van der Waals surface area contributed by atoms with Gasteiger partial charge in [-0.1, -0.05) is 84.0 Å². The third-order valence-electron chi connectivity index (χ3n) is 4.51. The van der Waals surface area contributed by atoms with Crippen molar-refractivity contribution in [3.05, 3.63) is 112 Å². The first kappa shape index (κ1) is 17.9. The number of hydrogen-bond donors (Lipinski definition) is 1. The Kier molecular flexibility index (Phi) is 5.33. The summed E-state index contributed by atoms with van der Waals surface area (Å²) in [6.07, 6.45) is 0.707. The molecule has 0 radical (unpaired) electrons. The van der Waals surface area contributed by atoms with Gasteiger partial charge in [-0.05, 0) is 36.2 Å². The van der Waals surface area contributed by atoms with E-state index >= 15 is 0 Å². The second kappa shape index (κ2) is 8.03. The number of thioether (sulfide) groups is 1. The van der Waals surface area contributed by atoms with Crippen LogP contribution in [0.1, 0.15) is 27.6 Å². The van der Waals surface area contributed by atoms with E-state index in [9.17, 15) is 4.79 Å². The molecule has 0 bridgehead atoms. The molecule has 4 heteroatoms. The average Bonchev–Trinajstić information content (AvgIpc) is 3.14. The van der Waals surface area contributed by atoms with E-state index in [1.54, 1.807) is 11.8 Å². The first-order chi connectivity index (χ1) is 13.2. The lowest BCUT2D eigenvalue weighted by Crippen LogP contribution is -2.07. The second-order valence-corrected chi connectivity index (χ2v) is 8.01. The van der Waals surface area contributed by atoms with Crippen LogP contribution in [-0.4, -0.2) is 5.78 Å². The molecular weight excluding hydrogens is 374 g/mol. The molecule has 0 saturated carbocycles. The molecule has 0 spiro atoms. The molecule has 1 N–H and O–H groups in total. The highest BCUT2D eigenvalue weighted by Crippen LogP contribution is 2.48. The molecule has 0 saturated heterocycles. The Morgan fingerprint density at radius 1 is 0.889 bits per heavy atom. The Labute approximate surface area is 168 Å². The topological polar surface area (TPSA) is 29.1 Å². The number of carbonyl (C=O) groups excluding carboxylic acids is 1. The molecular formula is C23H18ClNOS. The van der Waals surface area contributed by atoms with E-state index in [1.807, 2.05) is 72.8 Å². The van der Waals surface area contributed by atoms with Gasteiger partial charge >= 0.3 is 0 Å². The summed E-state index contributed by atoms with van der Waals surface area (Å²) in [6, 6.07) is 27.3. The zero-order chi connectivity index (χ0) is 18.6. The molecule has 1 unspecified atom stereocenters. The van der Waals surface area contributed by atoms with Crippen molar-refractivity contribution in [2.75, 3.05) is 5.32 Å². The van der Waals surface area contributed by atoms with Gasteiger partial charge in [0, 0.05) is 27.1 Å². The lowest BCUT2D eigenvalue weighted by Gasteiger charge is -2.11. The first-order valence-electron chi connectivity index (χ1n) is 8.78. The zero-order valence-corrected chi connectivity index (χ0v) is 16.1. The van der Waals surface area contributed by atoms with E-state index in [4.69, 9.17) is 11.6 Å². The summed E-state index contributed by atoms with van der Waals surface area (Å²) in [5.41, 5.74) is 3.70. The van der Waals surface area contributed by atoms with Crippen molar-refractivity contribution < 1.29 is 4.79 Å². The van der Waals surface area contributed by atoms with Crippen molar-refractivity contribution in [1.82, 2.24) is 0 Å². The van der Waals surface area contributed by atoms with Crippen molar-refractivity contribution in [3.63, 3.8) is 0 Å². The number of benzene rings is 3. The monoisotopic (exact) mass is 391 g/mol. The Morgan fingerprint density at radius 2 is 1.52 bits per heavy atom. The van der Waals surface area contributed by atoms with Gasteiger partial charge in [0.2, 0.25) is 0 Å². The lowest BCUT2D eigenvalue weighted by atomic mass is 9.98. The molecule has 1 atom stereocenters. The van der Waals surface area contributed by atoms with E-state index < -0.39 is 0 Å². The molecule has 0 fully saturated rings. The van der Waals surface area contributed by atoms with E-state index in [-0.39, 0.29) is 11.0 Å². The van der Waals surface area contributed by atoms with Crippen molar-refractivity contribution in [2.45, 2.75) is 11.7 Å². The Balaban J connectivity index is 1.66. The van der Waals surface area contributed by atoms with Crippen LogP contribution in [0.4, 0.5) is 5.69 Å². The SMILES string of the molecule is O=C(C1=C(Nc2ccc(Cl)cc2)SC(c2ccccc2)C1)c1ccccc1. The van der Waals surface area contributed by atoms with E-state index in [0.717, 1.165) is 21.9 Å². The minimum atomic E-state index is 0.0815. The summed E-state index contributed by atoms with van der Waals surface area (Å²) < 4.78 is 0. The zero-order valence-electron chi connectivity index (χ0n) is 14.6. The number of ketones is 1. The van der Waals surface area contributed by atoms with Crippen LogP contribution in [0.15, 0.2) is 95.5 Å². The van der Waals surface area contributed by atoms with Crippen LogP contribution in [-0.2, 0) is 0 Å². The van der Waals surface area contributed by atoms with Gasteiger partial charge in [0.05, 0.1) is 5.03 Å². The predicted octanol–water partition coefficient (Wildman–Crippen LogP) is 6.72. The minimum Gasteiger partial charge on any atom is -0.350 e. The normalized spacial score (nSPS) is 16.4. The van der Waals surface area contributed by atoms with Gasteiger partial charge in [0.25, 0.3) is 0 Å². The molecule has 1 aliphatic heterocycles. The van der Waals surface area contributed by atoms with Crippen LogP contribution in [0, 0.1) is 0 Å². The molecule has 1 aliphatic rings. The van der Waals surface area contributed by atoms with Gasteiger partial charge in [0.15, 0.2) is 5.78 Å². The Morgan fingerprint density at radius 3 is 2.19 bits per heavy atom. The smallest absolute Gasteiger partial charge is 0.191 e. The maximum Gasteiger partial charge on any atom is 0.191 e. The lowest BCUT2D eigenvalue weighted by molar-refractivity contribution is 0.103. The molecule has 4 rings (SSSR count). The second-order valence-electron chi connectivity index (χ2n) is 6.36. The van der Waals surface area contributed by atoms with Gasteiger partial charge < -0.3 is 5.32 Å². The summed E-state index contributed by atoms with van der Waals surface area (Å²) >= 11 is 7.70. The van der Waals surface area contributed by atoms with Crippen LogP contribution in [0.2, 0.25) is 5.02 Å². The molecule has 134 valence electrons. The minimum absolute atomic E-state index is 0.0815. The van der Waals surface area contributed by atoms with Crippen LogP contribution in [0.3, 0.4) is 0 Å². The van der Waals surface area contributed by atoms with Gasteiger partial charge in [-0.2, -0.15) is 0 Å². The number of anilines is 1. The standard InChI is InChI=1S/C23H18ClNOS/c24-18-11-13-19(14-12-18)25-23-20(22(26)17-9-5-2-6-10-17)15-21(27-23)16-7-3-1-4-8-16/h1-14,21,25H,15H2. The number of nitrogens with one attached hydrogen (secondary N) is 1. The van der Waals surface area contributed by atoms with Gasteiger partial charge in [-0.15, -0.1) is 0 Å². The number of Topliss-reactive ketones (excluding diaryl/α,β-unsaturated/α-hetero) is 1.